The van der Waals surface area contributed by atoms with Crippen LogP contribution in [0, 0.1) is 11.8 Å². The molecule has 0 aromatic heterocycles. The molecule has 35 heavy (non-hydrogen) atoms. The van der Waals surface area contributed by atoms with Crippen LogP contribution in [0.3, 0.4) is 0 Å². The van der Waals surface area contributed by atoms with Gasteiger partial charge < -0.3 is 26.6 Å². The second-order valence-electron chi connectivity index (χ2n) is 8.77. The highest BCUT2D eigenvalue weighted by Gasteiger charge is 2.26. The predicted octanol–water partition coefficient (Wildman–Crippen LogP) is 1.60. The van der Waals surface area contributed by atoms with E-state index in [0.717, 1.165) is 0 Å². The van der Waals surface area contributed by atoms with E-state index in [1.165, 1.54) is 0 Å². The molecule has 1 aromatic carbocycles. The first-order valence-corrected chi connectivity index (χ1v) is 13.1. The molecule has 10 nitrogen and oxygen atoms in total. The van der Waals surface area contributed by atoms with Gasteiger partial charge in [-0.25, -0.2) is 0 Å². The minimum Gasteiger partial charge on any atom is -0.354 e. The van der Waals surface area contributed by atoms with Crippen LogP contribution in [0.4, 0.5) is 5.69 Å². The first-order valence-electron chi connectivity index (χ1n) is 11.6. The lowest BCUT2D eigenvalue weighted by atomic mass is 10.0. The van der Waals surface area contributed by atoms with Crippen LogP contribution in [-0.4, -0.2) is 59.1 Å². The van der Waals surface area contributed by atoms with Crippen molar-refractivity contribution in [3.8, 4) is 0 Å². The average molecular weight is 601 g/mol. The second-order valence-corrected chi connectivity index (χ2v) is 9.54. The van der Waals surface area contributed by atoms with Crippen molar-refractivity contribution in [1.82, 2.24) is 21.3 Å². The first kappa shape index (κ1) is 30.3. The molecule has 0 fully saturated rings. The van der Waals surface area contributed by atoms with E-state index in [1.54, 1.807) is 45.0 Å². The minimum atomic E-state index is -0.759. The maximum atomic E-state index is 12.6. The lowest BCUT2D eigenvalue weighted by molar-refractivity contribution is -0.133. The Kier molecular flexibility index (Phi) is 13.3. The summed E-state index contributed by atoms with van der Waals surface area (Å²) < 4.78 is 0.344. The Morgan fingerprint density at radius 1 is 0.800 bits per heavy atom. The van der Waals surface area contributed by atoms with Gasteiger partial charge in [-0.3, -0.25) is 24.0 Å². The summed E-state index contributed by atoms with van der Waals surface area (Å²) in [4.78, 5) is 60.5. The third-order valence-corrected chi connectivity index (χ3v) is 5.71. The van der Waals surface area contributed by atoms with Crippen molar-refractivity contribution in [1.29, 1.82) is 0 Å². The van der Waals surface area contributed by atoms with Crippen LogP contribution in [0.2, 0.25) is 0 Å². The quantitative estimate of drug-likeness (QED) is 0.133. The Labute approximate surface area is 220 Å². The molecule has 1 rings (SSSR count). The van der Waals surface area contributed by atoms with Crippen LogP contribution < -0.4 is 26.6 Å². The summed E-state index contributed by atoms with van der Waals surface area (Å²) in [6.45, 7) is 9.35. The average Bonchev–Trinajstić information content (AvgIpc) is 2.81. The summed E-state index contributed by atoms with van der Waals surface area (Å²) in [5.74, 6) is -1.77. The van der Waals surface area contributed by atoms with Crippen LogP contribution in [0.25, 0.3) is 0 Å². The zero-order valence-electron chi connectivity index (χ0n) is 20.9. The van der Waals surface area contributed by atoms with Gasteiger partial charge in [0.15, 0.2) is 0 Å². The lowest BCUT2D eigenvalue weighted by Crippen LogP contribution is -2.55. The molecule has 11 heteroatoms. The topological polar surface area (TPSA) is 146 Å². The second kappa shape index (κ2) is 15.3. The number of benzene rings is 1. The summed E-state index contributed by atoms with van der Waals surface area (Å²) in [6.07, 6.45) is 0.501. The number of rotatable bonds is 13. The van der Waals surface area contributed by atoms with Gasteiger partial charge in [-0.1, -0.05) is 50.3 Å². The highest BCUT2D eigenvalue weighted by atomic mass is 127. The normalized spacial score (nSPS) is 12.5. The molecule has 0 saturated carbocycles. The molecule has 194 valence electrons. The zero-order valence-corrected chi connectivity index (χ0v) is 23.0. The molecular weight excluding hydrogens is 565 g/mol. The molecule has 0 bridgehead atoms. The maximum Gasteiger partial charge on any atom is 0.251 e. The highest BCUT2D eigenvalue weighted by molar-refractivity contribution is 14.1. The molecule has 5 N–H and O–H groups in total. The number of carbonyl (C=O) groups is 5. The fraction of sp³-hybridized carbons (Fsp3) is 0.542. The Hall–Kier alpha value is -2.70. The molecule has 0 aliphatic rings. The monoisotopic (exact) mass is 601 g/mol. The zero-order chi connectivity index (χ0) is 26.5. The maximum absolute atomic E-state index is 12.6. The van der Waals surface area contributed by atoms with E-state index in [2.05, 4.69) is 26.6 Å². The van der Waals surface area contributed by atoms with E-state index in [-0.39, 0.29) is 35.5 Å². The molecule has 2 atom stereocenters. The van der Waals surface area contributed by atoms with Crippen LogP contribution in [0.1, 0.15) is 51.4 Å². The number of hydrogen-bond donors (Lipinski definition) is 5. The molecule has 0 saturated heterocycles. The minimum absolute atomic E-state index is 0.114. The van der Waals surface area contributed by atoms with Crippen molar-refractivity contribution in [2.24, 2.45) is 11.8 Å². The number of carbonyl (C=O) groups excluding carboxylic acids is 5. The first-order chi connectivity index (χ1) is 16.5. The van der Waals surface area contributed by atoms with Crippen molar-refractivity contribution in [2.45, 2.75) is 53.1 Å². The summed E-state index contributed by atoms with van der Waals surface area (Å²) in [7, 11) is 0. The number of nitrogens with one attached hydrogen (secondary N) is 5. The Morgan fingerprint density at radius 2 is 1.40 bits per heavy atom. The molecule has 0 heterocycles. The molecule has 0 aliphatic heterocycles. The van der Waals surface area contributed by atoms with Gasteiger partial charge in [-0.2, -0.15) is 0 Å². The largest absolute Gasteiger partial charge is 0.354 e. The molecule has 0 unspecified atom stereocenters. The smallest absolute Gasteiger partial charge is 0.251 e. The number of alkyl halides is 1. The van der Waals surface area contributed by atoms with Gasteiger partial charge in [0.05, 0.1) is 4.43 Å². The number of amides is 5. The van der Waals surface area contributed by atoms with Crippen LogP contribution >= 0.6 is 22.6 Å². The molecular formula is C24H36IN5O5. The van der Waals surface area contributed by atoms with E-state index in [0.29, 0.717) is 35.2 Å². The van der Waals surface area contributed by atoms with Gasteiger partial charge in [0, 0.05) is 30.3 Å². The van der Waals surface area contributed by atoms with E-state index in [9.17, 15) is 24.0 Å². The third-order valence-electron chi connectivity index (χ3n) is 5.01. The van der Waals surface area contributed by atoms with E-state index in [4.69, 9.17) is 0 Å². The van der Waals surface area contributed by atoms with Crippen LogP contribution in [0.5, 0.6) is 0 Å². The van der Waals surface area contributed by atoms with E-state index < -0.39 is 18.0 Å². The van der Waals surface area contributed by atoms with Gasteiger partial charge in [-0.15, -0.1) is 0 Å². The van der Waals surface area contributed by atoms with Gasteiger partial charge >= 0.3 is 0 Å². The van der Waals surface area contributed by atoms with Crippen molar-refractivity contribution in [2.75, 3.05) is 22.8 Å². The van der Waals surface area contributed by atoms with Gasteiger partial charge in [0.25, 0.3) is 5.91 Å². The molecule has 1 aromatic rings. The van der Waals surface area contributed by atoms with Crippen molar-refractivity contribution >= 4 is 57.8 Å². The highest BCUT2D eigenvalue weighted by Crippen LogP contribution is 2.10. The number of anilines is 1. The van der Waals surface area contributed by atoms with Crippen LogP contribution in [-0.2, 0) is 19.2 Å². The molecule has 0 radical (unpaired) electrons. The fourth-order valence-electron chi connectivity index (χ4n) is 2.87. The van der Waals surface area contributed by atoms with Crippen molar-refractivity contribution < 1.29 is 24.0 Å². The lowest BCUT2D eigenvalue weighted by Gasteiger charge is -2.24. The summed E-state index contributed by atoms with van der Waals surface area (Å²) in [6, 6.07) is 5.07. The van der Waals surface area contributed by atoms with E-state index >= 15 is 0 Å². The van der Waals surface area contributed by atoms with Crippen LogP contribution in [0.15, 0.2) is 24.3 Å². The predicted molar refractivity (Wildman–Crippen MR) is 143 cm³/mol. The molecule has 5 amide bonds. The standard InChI is InChI=1S/C24H36IN5O5/c1-14(2)20(30-22(33)16(5)28-21(32)15(3)4)24(35)27-12-6-11-26-23(34)17-7-9-18(10-8-17)29-19(31)13-25/h7-10,14-16,20H,6,11-13H2,1-5H3,(H,26,34)(H,27,35)(H,28,32)(H,29,31)(H,30,33)/t16-,20-/m1/s1. The summed E-state index contributed by atoms with van der Waals surface area (Å²) in [5, 5.41) is 13.6. The number of hydrogen-bond acceptors (Lipinski definition) is 5. The summed E-state index contributed by atoms with van der Waals surface area (Å²) in [5.41, 5.74) is 1.08. The Balaban J connectivity index is 2.44. The van der Waals surface area contributed by atoms with Gasteiger partial charge in [0.1, 0.15) is 12.1 Å². The third kappa shape index (κ3) is 11.1. The fourth-order valence-corrected chi connectivity index (χ4v) is 3.06. The summed E-state index contributed by atoms with van der Waals surface area (Å²) >= 11 is 1.97. The Morgan fingerprint density at radius 3 is 1.94 bits per heavy atom. The number of halogens is 1. The Bertz CT molecular complexity index is 889. The van der Waals surface area contributed by atoms with E-state index in [1.807, 2.05) is 36.4 Å². The van der Waals surface area contributed by atoms with Gasteiger partial charge in [-0.05, 0) is 43.5 Å². The van der Waals surface area contributed by atoms with Gasteiger partial charge in [0.2, 0.25) is 23.6 Å². The van der Waals surface area contributed by atoms with Crippen molar-refractivity contribution in [3.05, 3.63) is 29.8 Å². The van der Waals surface area contributed by atoms with Crippen molar-refractivity contribution in [3.63, 3.8) is 0 Å². The molecule has 0 spiro atoms. The molecule has 0 aliphatic carbocycles. The SMILES string of the molecule is CC(C)C(=O)N[C@H](C)C(=O)N[C@@H](C(=O)NCCCNC(=O)c1ccc(NC(=O)CI)cc1)C(C)C.